The van der Waals surface area contributed by atoms with Crippen LogP contribution >= 0.6 is 0 Å². The van der Waals surface area contributed by atoms with Crippen LogP contribution in [0.25, 0.3) is 11.3 Å². The number of nitrogens with one attached hydrogen (secondary N) is 1. The molecule has 0 bridgehead atoms. The fourth-order valence-electron chi connectivity index (χ4n) is 5.66. The smallest absolute Gasteiger partial charge is 0.420 e. The zero-order valence-electron chi connectivity index (χ0n) is 20.0. The monoisotopic (exact) mass is 500 g/mol. The lowest BCUT2D eigenvalue weighted by atomic mass is 9.59. The highest BCUT2D eigenvalue weighted by molar-refractivity contribution is 5.96. The van der Waals surface area contributed by atoms with Gasteiger partial charge in [-0.05, 0) is 44.2 Å². The minimum atomic E-state index is -4.78. The molecule has 3 aromatic rings. The van der Waals surface area contributed by atoms with Crippen LogP contribution in [-0.2, 0) is 29.3 Å². The maximum absolute atomic E-state index is 14.4. The summed E-state index contributed by atoms with van der Waals surface area (Å²) >= 11 is 0. The fraction of sp³-hybridized carbons (Fsp3) is 0.500. The maximum atomic E-state index is 14.4. The van der Waals surface area contributed by atoms with Gasteiger partial charge in [-0.25, -0.2) is 0 Å². The Morgan fingerprint density at radius 1 is 1.28 bits per heavy atom. The first-order valence-corrected chi connectivity index (χ1v) is 12.4. The topological polar surface area (TPSA) is 82.2 Å². The lowest BCUT2D eigenvalue weighted by Crippen LogP contribution is -2.38. The summed E-state index contributed by atoms with van der Waals surface area (Å²) in [5.41, 5.74) is 1.39. The van der Waals surface area contributed by atoms with Gasteiger partial charge in [-0.3, -0.25) is 14.5 Å². The third-order valence-corrected chi connectivity index (χ3v) is 7.66. The molecule has 1 spiro atoms. The summed E-state index contributed by atoms with van der Waals surface area (Å²) in [6.45, 7) is 3.02. The Bertz CT molecular complexity index is 1300. The van der Waals surface area contributed by atoms with Gasteiger partial charge in [0.25, 0.3) is 5.91 Å². The first kappa shape index (κ1) is 23.3. The number of alkyl halides is 3. The Labute approximate surface area is 206 Å². The van der Waals surface area contributed by atoms with E-state index in [1.54, 1.807) is 10.9 Å². The summed E-state index contributed by atoms with van der Waals surface area (Å²) in [5.74, 6) is -1.38. The highest BCUT2D eigenvalue weighted by Crippen LogP contribution is 2.56. The van der Waals surface area contributed by atoms with Crippen molar-refractivity contribution in [3.8, 4) is 11.3 Å². The van der Waals surface area contributed by atoms with Crippen LogP contribution in [-0.4, -0.2) is 39.9 Å². The molecule has 2 aliphatic carbocycles. The molecule has 36 heavy (non-hydrogen) atoms. The Hall–Kier alpha value is -3.14. The second-order valence-electron chi connectivity index (χ2n) is 10.2. The van der Waals surface area contributed by atoms with E-state index in [2.05, 4.69) is 15.4 Å². The van der Waals surface area contributed by atoms with Gasteiger partial charge in [-0.2, -0.15) is 18.3 Å². The molecule has 1 aliphatic heterocycles. The van der Waals surface area contributed by atoms with E-state index >= 15 is 0 Å². The Morgan fingerprint density at radius 3 is 2.75 bits per heavy atom. The number of pyridine rings is 1. The number of aryl methyl sites for hydroxylation is 1. The maximum Gasteiger partial charge on any atom is 0.420 e. The summed E-state index contributed by atoms with van der Waals surface area (Å²) in [5, 5.41) is 7.19. The van der Waals surface area contributed by atoms with Gasteiger partial charge < -0.3 is 14.5 Å². The van der Waals surface area contributed by atoms with Crippen molar-refractivity contribution < 1.29 is 27.1 Å². The largest absolute Gasteiger partial charge is 0.454 e. The highest BCUT2D eigenvalue weighted by Gasteiger charge is 2.52. The number of nitrogens with zero attached hydrogens (tertiary/aromatic N) is 3. The van der Waals surface area contributed by atoms with Crippen molar-refractivity contribution in [2.45, 2.75) is 69.7 Å². The second kappa shape index (κ2) is 8.47. The quantitative estimate of drug-likeness (QED) is 0.544. The van der Waals surface area contributed by atoms with E-state index in [0.717, 1.165) is 48.9 Å². The third-order valence-electron chi connectivity index (χ3n) is 7.66. The zero-order chi connectivity index (χ0) is 25.1. The molecule has 0 aromatic carbocycles. The predicted octanol–water partition coefficient (Wildman–Crippen LogP) is 4.80. The number of carbonyl (C=O) groups is 1. The van der Waals surface area contributed by atoms with Crippen LogP contribution in [0.1, 0.15) is 70.8 Å². The molecule has 4 heterocycles. The van der Waals surface area contributed by atoms with Crippen molar-refractivity contribution in [2.75, 3.05) is 13.2 Å². The average molecular weight is 501 g/mol. The Balaban J connectivity index is 1.40. The number of fused-ring (bicyclic) bond motifs is 4. The van der Waals surface area contributed by atoms with Crippen LogP contribution in [0, 0.1) is 6.92 Å². The van der Waals surface area contributed by atoms with Gasteiger partial charge in [0, 0.05) is 42.9 Å². The number of hydrogen-bond acceptors (Lipinski definition) is 5. The van der Waals surface area contributed by atoms with Crippen molar-refractivity contribution >= 4 is 5.91 Å². The fourth-order valence-corrected chi connectivity index (χ4v) is 5.66. The Kier molecular flexibility index (Phi) is 5.47. The number of halogens is 3. The van der Waals surface area contributed by atoms with Crippen molar-refractivity contribution in [2.24, 2.45) is 0 Å². The minimum absolute atomic E-state index is 0.104. The summed E-state index contributed by atoms with van der Waals surface area (Å²) in [7, 11) is 0. The van der Waals surface area contributed by atoms with E-state index < -0.39 is 23.4 Å². The van der Waals surface area contributed by atoms with Crippen molar-refractivity contribution in [3.63, 3.8) is 0 Å². The predicted molar refractivity (Wildman–Crippen MR) is 124 cm³/mol. The van der Waals surface area contributed by atoms with E-state index in [9.17, 15) is 18.0 Å². The lowest BCUT2D eigenvalue weighted by Gasteiger charge is -2.43. The molecule has 10 heteroatoms. The van der Waals surface area contributed by atoms with Crippen LogP contribution in [0.4, 0.5) is 13.2 Å². The molecule has 2 fully saturated rings. The van der Waals surface area contributed by atoms with Gasteiger partial charge in [-0.15, -0.1) is 0 Å². The summed E-state index contributed by atoms with van der Waals surface area (Å²) < 4.78 is 56.2. The van der Waals surface area contributed by atoms with Crippen LogP contribution in [0.2, 0.25) is 0 Å². The number of aromatic nitrogens is 3. The number of ether oxygens (including phenoxy) is 1. The number of rotatable bonds is 5. The average Bonchev–Trinajstić information content (AvgIpc) is 3.54. The van der Waals surface area contributed by atoms with E-state index in [0.29, 0.717) is 19.6 Å². The first-order valence-electron chi connectivity index (χ1n) is 12.4. The highest BCUT2D eigenvalue weighted by atomic mass is 19.4. The molecule has 1 N–H and O–H groups in total. The van der Waals surface area contributed by atoms with E-state index in [1.165, 1.54) is 0 Å². The van der Waals surface area contributed by atoms with Gasteiger partial charge in [0.05, 0.1) is 23.9 Å². The Morgan fingerprint density at radius 2 is 2.11 bits per heavy atom. The minimum Gasteiger partial charge on any atom is -0.454 e. The normalized spacial score (nSPS) is 20.2. The molecule has 1 atom stereocenters. The summed E-state index contributed by atoms with van der Waals surface area (Å²) in [4.78, 5) is 17.3. The zero-order valence-corrected chi connectivity index (χ0v) is 20.0. The van der Waals surface area contributed by atoms with Crippen LogP contribution in [0.3, 0.4) is 0 Å². The molecule has 3 aromatic heterocycles. The van der Waals surface area contributed by atoms with Crippen LogP contribution in [0.15, 0.2) is 28.9 Å². The first-order chi connectivity index (χ1) is 17.2. The van der Waals surface area contributed by atoms with Gasteiger partial charge >= 0.3 is 6.18 Å². The van der Waals surface area contributed by atoms with Gasteiger partial charge in [0.2, 0.25) is 5.76 Å². The summed E-state index contributed by atoms with van der Waals surface area (Å²) in [6, 6.07) is 3.83. The summed E-state index contributed by atoms with van der Waals surface area (Å²) in [6.07, 6.45) is 3.27. The van der Waals surface area contributed by atoms with Crippen molar-refractivity contribution in [3.05, 3.63) is 58.4 Å². The van der Waals surface area contributed by atoms with Gasteiger partial charge in [0.15, 0.2) is 0 Å². The van der Waals surface area contributed by atoms with Crippen molar-refractivity contribution in [1.29, 1.82) is 0 Å². The molecule has 0 unspecified atom stereocenters. The number of hydrogen-bond donors (Lipinski definition) is 1. The third kappa shape index (κ3) is 3.91. The van der Waals surface area contributed by atoms with Gasteiger partial charge in [-0.1, -0.05) is 12.5 Å². The number of amides is 1. The molecular weight excluding hydrogens is 473 g/mol. The van der Waals surface area contributed by atoms with Crippen molar-refractivity contribution in [1.82, 2.24) is 20.1 Å². The molecule has 190 valence electrons. The molecule has 1 saturated heterocycles. The molecule has 1 amide bonds. The number of carbonyl (C=O) groups excluding carboxylic acids is 1. The van der Waals surface area contributed by atoms with Gasteiger partial charge in [0.1, 0.15) is 17.0 Å². The molecule has 1 saturated carbocycles. The van der Waals surface area contributed by atoms with E-state index in [4.69, 9.17) is 9.15 Å². The van der Waals surface area contributed by atoms with E-state index in [-0.39, 0.29) is 35.1 Å². The standard InChI is InChI=1S/C26H27F3N4O3/c1-15-5-6-16(30-11-15)13-33-14-18-22(32-33)20-19(10-25(18)7-3-8-25)36-23(21(20)26(27,28)29)24(34)31-12-17-4-2-9-35-17/h5-6,11,14,17H,2-4,7-10,12-13H2,1H3,(H,31,34)/t17-/m0/s1. The van der Waals surface area contributed by atoms with E-state index in [1.807, 2.05) is 25.3 Å². The van der Waals surface area contributed by atoms with Crippen LogP contribution in [0.5, 0.6) is 0 Å². The SMILES string of the molecule is Cc1ccc(Cn2cc3c(n2)-c2c(oc(C(=O)NC[C@@H]4CCCO4)c2C(F)(F)F)CC32CCC2)nc1. The lowest BCUT2D eigenvalue weighted by molar-refractivity contribution is -0.137. The van der Waals surface area contributed by atoms with Crippen LogP contribution < -0.4 is 5.32 Å². The molecular formula is C26H27F3N4O3. The second-order valence-corrected chi connectivity index (χ2v) is 10.2. The number of furan rings is 1. The molecule has 6 rings (SSSR count). The molecule has 3 aliphatic rings. The molecule has 0 radical (unpaired) electrons. The molecule has 7 nitrogen and oxygen atoms in total.